The van der Waals surface area contributed by atoms with Crippen LogP contribution in [-0.4, -0.2) is 71.1 Å². The Morgan fingerprint density at radius 2 is 2.38 bits per heavy atom. The number of halogens is 1. The first-order valence-electron chi connectivity index (χ1n) is 8.71. The van der Waals surface area contributed by atoms with Crippen molar-refractivity contribution in [1.82, 2.24) is 19.6 Å². The Hall–Kier alpha value is -1.47. The molecule has 0 radical (unpaired) electrons. The van der Waals surface area contributed by atoms with Gasteiger partial charge in [0, 0.05) is 58.1 Å². The summed E-state index contributed by atoms with van der Waals surface area (Å²) in [6, 6.07) is 0.0543. The van der Waals surface area contributed by atoms with E-state index in [4.69, 9.17) is 4.74 Å². The molecule has 3 atom stereocenters. The fourth-order valence-corrected chi connectivity index (χ4v) is 3.75. The number of hydrogen-bond donors (Lipinski definition) is 0. The second-order valence-corrected chi connectivity index (χ2v) is 7.07. The van der Waals surface area contributed by atoms with Gasteiger partial charge in [-0.05, 0) is 19.3 Å². The molecule has 2 aliphatic rings. The maximum Gasteiger partial charge on any atom is 0.227 e. The van der Waals surface area contributed by atoms with Gasteiger partial charge in [-0.2, -0.15) is 5.10 Å². The maximum absolute atomic E-state index is 14.0. The molecule has 0 spiro atoms. The number of aryl methyl sites for hydroxylation is 1. The zero-order chi connectivity index (χ0) is 17.1. The van der Waals surface area contributed by atoms with Gasteiger partial charge in [-0.3, -0.25) is 14.4 Å². The standard InChI is InChI=1S/C17H27FN4O2/c1-20(17(23)14-4-3-5-24-12-14)11-16-6-15(18)10-22(16)9-13-7-19-21(2)8-13/h7-8,14-16H,3-6,9-12H2,1-2H3/t14-,15+,16+/m1/s1. The molecule has 24 heavy (non-hydrogen) atoms. The lowest BCUT2D eigenvalue weighted by Gasteiger charge is -2.31. The van der Waals surface area contributed by atoms with E-state index >= 15 is 0 Å². The SMILES string of the molecule is CN(C[C@@H]1C[C@H](F)CN1Cc1cnn(C)c1)C(=O)[C@@H]1CCCOC1. The van der Waals surface area contributed by atoms with Crippen molar-refractivity contribution in [2.24, 2.45) is 13.0 Å². The molecule has 2 aliphatic heterocycles. The second kappa shape index (κ2) is 7.61. The maximum atomic E-state index is 14.0. The summed E-state index contributed by atoms with van der Waals surface area (Å²) in [6.45, 7) is 2.93. The van der Waals surface area contributed by atoms with Gasteiger partial charge in [0.2, 0.25) is 5.91 Å². The van der Waals surface area contributed by atoms with Gasteiger partial charge >= 0.3 is 0 Å². The molecule has 2 saturated heterocycles. The third-order valence-electron chi connectivity index (χ3n) is 4.99. The molecule has 0 aromatic carbocycles. The molecule has 1 aromatic heterocycles. The molecule has 1 aromatic rings. The van der Waals surface area contributed by atoms with Crippen LogP contribution in [0.2, 0.25) is 0 Å². The zero-order valence-corrected chi connectivity index (χ0v) is 14.5. The number of amides is 1. The Labute approximate surface area is 142 Å². The fourth-order valence-electron chi connectivity index (χ4n) is 3.75. The molecule has 0 unspecified atom stereocenters. The summed E-state index contributed by atoms with van der Waals surface area (Å²) in [5.41, 5.74) is 1.08. The number of alkyl halides is 1. The zero-order valence-electron chi connectivity index (χ0n) is 14.5. The summed E-state index contributed by atoms with van der Waals surface area (Å²) in [5.74, 6) is 0.0800. The molecule has 0 N–H and O–H groups in total. The first-order valence-corrected chi connectivity index (χ1v) is 8.71. The highest BCUT2D eigenvalue weighted by Gasteiger charge is 2.34. The summed E-state index contributed by atoms with van der Waals surface area (Å²) in [4.78, 5) is 16.4. The molecule has 134 valence electrons. The largest absolute Gasteiger partial charge is 0.381 e. The average Bonchev–Trinajstić information content (AvgIpc) is 3.13. The minimum Gasteiger partial charge on any atom is -0.381 e. The Balaban J connectivity index is 1.58. The Kier molecular flexibility index (Phi) is 5.50. The van der Waals surface area contributed by atoms with E-state index in [0.717, 1.165) is 25.0 Å². The molecule has 3 heterocycles. The number of nitrogens with zero attached hydrogens (tertiary/aromatic N) is 4. The van der Waals surface area contributed by atoms with Crippen LogP contribution in [0.25, 0.3) is 0 Å². The number of likely N-dealkylation sites (N-methyl/N-ethyl adjacent to an activating group) is 1. The van der Waals surface area contributed by atoms with E-state index in [1.54, 1.807) is 9.58 Å². The number of aromatic nitrogens is 2. The van der Waals surface area contributed by atoms with Crippen LogP contribution in [0.15, 0.2) is 12.4 Å². The van der Waals surface area contributed by atoms with Gasteiger partial charge in [-0.1, -0.05) is 0 Å². The molecule has 0 bridgehead atoms. The van der Waals surface area contributed by atoms with Crippen LogP contribution in [-0.2, 0) is 23.1 Å². The molecule has 1 amide bonds. The van der Waals surface area contributed by atoms with Crippen molar-refractivity contribution < 1.29 is 13.9 Å². The van der Waals surface area contributed by atoms with E-state index in [2.05, 4.69) is 10.00 Å². The number of rotatable bonds is 5. The highest BCUT2D eigenvalue weighted by atomic mass is 19.1. The first-order chi connectivity index (χ1) is 11.5. The highest BCUT2D eigenvalue weighted by Crippen LogP contribution is 2.24. The van der Waals surface area contributed by atoms with E-state index in [1.807, 2.05) is 26.5 Å². The molecule has 0 aliphatic carbocycles. The van der Waals surface area contributed by atoms with Crippen molar-refractivity contribution in [3.8, 4) is 0 Å². The van der Waals surface area contributed by atoms with Crippen LogP contribution in [0, 0.1) is 5.92 Å². The Morgan fingerprint density at radius 1 is 1.54 bits per heavy atom. The molecule has 6 nitrogen and oxygen atoms in total. The fraction of sp³-hybridized carbons (Fsp3) is 0.765. The number of likely N-dealkylation sites (tertiary alicyclic amines) is 1. The molecule has 3 rings (SSSR count). The van der Waals surface area contributed by atoms with E-state index < -0.39 is 6.17 Å². The van der Waals surface area contributed by atoms with Crippen LogP contribution in [0.4, 0.5) is 4.39 Å². The normalized spacial score (nSPS) is 28.2. The third-order valence-corrected chi connectivity index (χ3v) is 4.99. The quantitative estimate of drug-likeness (QED) is 0.810. The summed E-state index contributed by atoms with van der Waals surface area (Å²) in [7, 11) is 3.70. The molecular formula is C17H27FN4O2. The summed E-state index contributed by atoms with van der Waals surface area (Å²) < 4.78 is 21.1. The highest BCUT2D eigenvalue weighted by molar-refractivity contribution is 5.78. The minimum atomic E-state index is -0.826. The number of hydrogen-bond acceptors (Lipinski definition) is 4. The van der Waals surface area contributed by atoms with Crippen molar-refractivity contribution in [2.75, 3.05) is 33.4 Å². The molecule has 7 heteroatoms. The average molecular weight is 338 g/mol. The second-order valence-electron chi connectivity index (χ2n) is 7.07. The molecular weight excluding hydrogens is 311 g/mol. The number of ether oxygens (including phenoxy) is 1. The smallest absolute Gasteiger partial charge is 0.227 e. The van der Waals surface area contributed by atoms with Crippen molar-refractivity contribution in [2.45, 2.75) is 38.0 Å². The molecule has 0 saturated carbocycles. The van der Waals surface area contributed by atoms with Crippen molar-refractivity contribution in [3.05, 3.63) is 18.0 Å². The van der Waals surface area contributed by atoms with Crippen LogP contribution < -0.4 is 0 Å². The van der Waals surface area contributed by atoms with Gasteiger partial charge in [-0.25, -0.2) is 4.39 Å². The monoisotopic (exact) mass is 338 g/mol. The van der Waals surface area contributed by atoms with Gasteiger partial charge in [0.1, 0.15) is 6.17 Å². The van der Waals surface area contributed by atoms with Crippen molar-refractivity contribution >= 4 is 5.91 Å². The Bertz CT molecular complexity index is 559. The minimum absolute atomic E-state index is 0.0434. The number of carbonyl (C=O) groups excluding carboxylic acids is 1. The van der Waals surface area contributed by atoms with E-state index in [9.17, 15) is 9.18 Å². The van der Waals surface area contributed by atoms with Crippen molar-refractivity contribution in [1.29, 1.82) is 0 Å². The lowest BCUT2D eigenvalue weighted by Crippen LogP contribution is -2.44. The topological polar surface area (TPSA) is 50.6 Å². The van der Waals surface area contributed by atoms with E-state index in [-0.39, 0.29) is 17.9 Å². The van der Waals surface area contributed by atoms with Gasteiger partial charge in [0.15, 0.2) is 0 Å². The molecule has 2 fully saturated rings. The van der Waals surface area contributed by atoms with Crippen molar-refractivity contribution in [3.63, 3.8) is 0 Å². The lowest BCUT2D eigenvalue weighted by atomic mass is 10.0. The van der Waals surface area contributed by atoms with Gasteiger partial charge in [-0.15, -0.1) is 0 Å². The predicted octanol–water partition coefficient (Wildman–Crippen LogP) is 1.22. The summed E-state index contributed by atoms with van der Waals surface area (Å²) in [5, 5.41) is 4.17. The van der Waals surface area contributed by atoms with E-state index in [0.29, 0.717) is 32.7 Å². The van der Waals surface area contributed by atoms with Gasteiger partial charge < -0.3 is 9.64 Å². The first kappa shape index (κ1) is 17.4. The third kappa shape index (κ3) is 4.13. The number of carbonyl (C=O) groups is 1. The summed E-state index contributed by atoms with van der Waals surface area (Å²) in [6.07, 6.45) is 5.26. The van der Waals surface area contributed by atoms with Crippen LogP contribution in [0.1, 0.15) is 24.8 Å². The Morgan fingerprint density at radius 3 is 3.04 bits per heavy atom. The van der Waals surface area contributed by atoms with Gasteiger partial charge in [0.25, 0.3) is 0 Å². The van der Waals surface area contributed by atoms with Gasteiger partial charge in [0.05, 0.1) is 18.7 Å². The van der Waals surface area contributed by atoms with Crippen LogP contribution in [0.5, 0.6) is 0 Å². The summed E-state index contributed by atoms with van der Waals surface area (Å²) >= 11 is 0. The predicted molar refractivity (Wildman–Crippen MR) is 88.1 cm³/mol. The van der Waals surface area contributed by atoms with Crippen LogP contribution in [0.3, 0.4) is 0 Å². The van der Waals surface area contributed by atoms with Crippen LogP contribution >= 0.6 is 0 Å². The lowest BCUT2D eigenvalue weighted by molar-refractivity contribution is -0.139. The van der Waals surface area contributed by atoms with E-state index in [1.165, 1.54) is 0 Å².